The van der Waals surface area contributed by atoms with E-state index >= 15 is 0 Å². The fourth-order valence-electron chi connectivity index (χ4n) is 1.53. The SMILES string of the molecule is CCCC(C)(C)CCC(C)CO. The molecule has 0 heterocycles. The molecular formula is C11H24O. The van der Waals surface area contributed by atoms with Gasteiger partial charge in [-0.2, -0.15) is 0 Å². The van der Waals surface area contributed by atoms with Crippen molar-refractivity contribution in [2.24, 2.45) is 11.3 Å². The molecule has 0 aromatic heterocycles. The molecule has 74 valence electrons. The van der Waals surface area contributed by atoms with E-state index in [0.717, 1.165) is 6.42 Å². The third-order valence-corrected chi connectivity index (χ3v) is 2.55. The standard InChI is InChI=1S/C11H24O/c1-5-7-11(3,4)8-6-10(2)9-12/h10,12H,5-9H2,1-4H3. The maximum atomic E-state index is 8.86. The molecule has 12 heavy (non-hydrogen) atoms. The van der Waals surface area contributed by atoms with Crippen molar-refractivity contribution in [3.63, 3.8) is 0 Å². The van der Waals surface area contributed by atoms with E-state index in [1.165, 1.54) is 19.3 Å². The lowest BCUT2D eigenvalue weighted by atomic mass is 9.81. The van der Waals surface area contributed by atoms with Crippen LogP contribution in [0.3, 0.4) is 0 Å². The third-order valence-electron chi connectivity index (χ3n) is 2.55. The Labute approximate surface area is 77.2 Å². The predicted molar refractivity (Wildman–Crippen MR) is 54.2 cm³/mol. The van der Waals surface area contributed by atoms with Crippen molar-refractivity contribution in [3.05, 3.63) is 0 Å². The quantitative estimate of drug-likeness (QED) is 0.652. The van der Waals surface area contributed by atoms with Crippen LogP contribution in [0.4, 0.5) is 0 Å². The maximum absolute atomic E-state index is 8.86. The van der Waals surface area contributed by atoms with Gasteiger partial charge in [-0.05, 0) is 30.6 Å². The molecule has 0 aliphatic carbocycles. The van der Waals surface area contributed by atoms with Gasteiger partial charge in [0.05, 0.1) is 0 Å². The number of hydrogen-bond donors (Lipinski definition) is 1. The second-order valence-electron chi connectivity index (χ2n) is 4.74. The molecule has 0 saturated heterocycles. The van der Waals surface area contributed by atoms with Crippen LogP contribution in [-0.4, -0.2) is 11.7 Å². The Bertz CT molecular complexity index is 108. The predicted octanol–water partition coefficient (Wildman–Crippen LogP) is 3.22. The first-order chi connectivity index (χ1) is 5.52. The fraction of sp³-hybridized carbons (Fsp3) is 1.00. The summed E-state index contributed by atoms with van der Waals surface area (Å²) >= 11 is 0. The lowest BCUT2D eigenvalue weighted by Crippen LogP contribution is -2.13. The molecule has 0 aromatic carbocycles. The van der Waals surface area contributed by atoms with Gasteiger partial charge in [0, 0.05) is 6.61 Å². The highest BCUT2D eigenvalue weighted by Crippen LogP contribution is 2.29. The van der Waals surface area contributed by atoms with Gasteiger partial charge in [0.1, 0.15) is 0 Å². The van der Waals surface area contributed by atoms with Gasteiger partial charge in [0.25, 0.3) is 0 Å². The Morgan fingerprint density at radius 3 is 2.25 bits per heavy atom. The molecule has 0 spiro atoms. The minimum atomic E-state index is 0.336. The van der Waals surface area contributed by atoms with E-state index in [1.807, 2.05) is 0 Å². The average molecular weight is 172 g/mol. The monoisotopic (exact) mass is 172 g/mol. The van der Waals surface area contributed by atoms with Crippen molar-refractivity contribution in [2.45, 2.75) is 53.4 Å². The van der Waals surface area contributed by atoms with Gasteiger partial charge >= 0.3 is 0 Å². The summed E-state index contributed by atoms with van der Waals surface area (Å²) in [5.41, 5.74) is 0.470. The van der Waals surface area contributed by atoms with Gasteiger partial charge in [0.15, 0.2) is 0 Å². The van der Waals surface area contributed by atoms with Crippen LogP contribution >= 0.6 is 0 Å². The van der Waals surface area contributed by atoms with Crippen molar-refractivity contribution in [3.8, 4) is 0 Å². The lowest BCUT2D eigenvalue weighted by Gasteiger charge is -2.25. The Hall–Kier alpha value is -0.0400. The third kappa shape index (κ3) is 5.59. The van der Waals surface area contributed by atoms with Crippen molar-refractivity contribution in [1.82, 2.24) is 0 Å². The molecule has 0 aliphatic heterocycles. The molecule has 0 fully saturated rings. The van der Waals surface area contributed by atoms with Crippen LogP contribution in [0.5, 0.6) is 0 Å². The lowest BCUT2D eigenvalue weighted by molar-refractivity contribution is 0.202. The molecule has 0 aromatic rings. The van der Waals surface area contributed by atoms with Gasteiger partial charge in [0.2, 0.25) is 0 Å². The molecular weight excluding hydrogens is 148 g/mol. The van der Waals surface area contributed by atoms with Gasteiger partial charge in [-0.15, -0.1) is 0 Å². The first-order valence-corrected chi connectivity index (χ1v) is 5.12. The second-order valence-corrected chi connectivity index (χ2v) is 4.74. The molecule has 1 atom stereocenters. The molecule has 1 N–H and O–H groups in total. The highest BCUT2D eigenvalue weighted by atomic mass is 16.3. The highest BCUT2D eigenvalue weighted by Gasteiger charge is 2.17. The van der Waals surface area contributed by atoms with Crippen LogP contribution in [0.1, 0.15) is 53.4 Å². The zero-order valence-electron chi connectivity index (χ0n) is 9.06. The molecule has 1 nitrogen and oxygen atoms in total. The van der Waals surface area contributed by atoms with Crippen LogP contribution in [-0.2, 0) is 0 Å². The van der Waals surface area contributed by atoms with Gasteiger partial charge in [-0.25, -0.2) is 0 Å². The van der Waals surface area contributed by atoms with Gasteiger partial charge in [-0.1, -0.05) is 34.1 Å². The molecule has 1 unspecified atom stereocenters. The average Bonchev–Trinajstić information content (AvgIpc) is 2.00. The Morgan fingerprint density at radius 2 is 1.83 bits per heavy atom. The van der Waals surface area contributed by atoms with Crippen molar-refractivity contribution in [1.29, 1.82) is 0 Å². The number of hydrogen-bond acceptors (Lipinski definition) is 1. The van der Waals surface area contributed by atoms with Crippen molar-refractivity contribution in [2.75, 3.05) is 6.61 Å². The zero-order chi connectivity index (χ0) is 9.61. The van der Waals surface area contributed by atoms with Crippen LogP contribution in [0.15, 0.2) is 0 Å². The Balaban J connectivity index is 3.59. The van der Waals surface area contributed by atoms with E-state index in [9.17, 15) is 0 Å². The van der Waals surface area contributed by atoms with E-state index in [2.05, 4.69) is 27.7 Å². The normalized spacial score (nSPS) is 14.8. The number of aliphatic hydroxyl groups excluding tert-OH is 1. The Morgan fingerprint density at radius 1 is 1.25 bits per heavy atom. The molecule has 1 heteroatoms. The molecule has 0 saturated carbocycles. The van der Waals surface area contributed by atoms with E-state index in [-0.39, 0.29) is 0 Å². The van der Waals surface area contributed by atoms with Gasteiger partial charge in [-0.3, -0.25) is 0 Å². The maximum Gasteiger partial charge on any atom is 0.0456 e. The second kappa shape index (κ2) is 5.58. The summed E-state index contributed by atoms with van der Waals surface area (Å²) in [6.07, 6.45) is 4.96. The number of aliphatic hydroxyl groups is 1. The van der Waals surface area contributed by atoms with Crippen LogP contribution in [0.25, 0.3) is 0 Å². The Kier molecular flexibility index (Phi) is 5.56. The van der Waals surface area contributed by atoms with E-state index < -0.39 is 0 Å². The summed E-state index contributed by atoms with van der Waals surface area (Å²) in [4.78, 5) is 0. The summed E-state index contributed by atoms with van der Waals surface area (Å²) < 4.78 is 0. The summed E-state index contributed by atoms with van der Waals surface area (Å²) in [7, 11) is 0. The molecule has 0 aliphatic rings. The summed E-state index contributed by atoms with van der Waals surface area (Å²) in [5.74, 6) is 0.473. The minimum absolute atomic E-state index is 0.336. The van der Waals surface area contributed by atoms with E-state index in [0.29, 0.717) is 17.9 Å². The van der Waals surface area contributed by atoms with E-state index in [4.69, 9.17) is 5.11 Å². The molecule has 0 rings (SSSR count). The highest BCUT2D eigenvalue weighted by molar-refractivity contribution is 4.69. The smallest absolute Gasteiger partial charge is 0.0456 e. The molecule has 0 radical (unpaired) electrons. The van der Waals surface area contributed by atoms with Crippen molar-refractivity contribution < 1.29 is 5.11 Å². The minimum Gasteiger partial charge on any atom is -0.396 e. The topological polar surface area (TPSA) is 20.2 Å². The van der Waals surface area contributed by atoms with Crippen LogP contribution in [0, 0.1) is 11.3 Å². The largest absolute Gasteiger partial charge is 0.396 e. The first-order valence-electron chi connectivity index (χ1n) is 5.12. The molecule has 0 bridgehead atoms. The van der Waals surface area contributed by atoms with Crippen molar-refractivity contribution >= 4 is 0 Å². The summed E-state index contributed by atoms with van der Waals surface area (Å²) in [6.45, 7) is 9.32. The van der Waals surface area contributed by atoms with E-state index in [1.54, 1.807) is 0 Å². The first kappa shape index (κ1) is 12.0. The van der Waals surface area contributed by atoms with Gasteiger partial charge < -0.3 is 5.11 Å². The number of rotatable bonds is 6. The molecule has 0 amide bonds. The fourth-order valence-corrected chi connectivity index (χ4v) is 1.53. The van der Waals surface area contributed by atoms with Crippen LogP contribution in [0.2, 0.25) is 0 Å². The summed E-state index contributed by atoms with van der Waals surface area (Å²) in [6, 6.07) is 0. The zero-order valence-corrected chi connectivity index (χ0v) is 9.06. The summed E-state index contributed by atoms with van der Waals surface area (Å²) in [5, 5.41) is 8.86. The van der Waals surface area contributed by atoms with Crippen LogP contribution < -0.4 is 0 Å².